The fraction of sp³-hybridized carbons (Fsp3) is 0.904. The number of carboxylic acid groups (broad SMARTS) is 3. The summed E-state index contributed by atoms with van der Waals surface area (Å²) >= 11 is 0. The van der Waals surface area contributed by atoms with Crippen LogP contribution in [-0.2, 0) is 52.4 Å². The Morgan fingerprint density at radius 2 is 0.987 bits per heavy atom. The zero-order valence-electron chi connectivity index (χ0n) is 47.5. The molecule has 3 fully saturated rings. The second-order valence-corrected chi connectivity index (χ2v) is 22.4. The minimum Gasteiger partial charge on any atom is -0.477 e. The van der Waals surface area contributed by atoms with Crippen molar-refractivity contribution in [3.63, 3.8) is 0 Å². The minimum absolute atomic E-state index is 0.0239. The van der Waals surface area contributed by atoms with Crippen LogP contribution in [0.1, 0.15) is 121 Å². The van der Waals surface area contributed by atoms with E-state index in [1.807, 2.05) is 6.92 Å². The third-order valence-corrected chi connectivity index (χ3v) is 15.9. The molecule has 0 spiro atoms. The van der Waals surface area contributed by atoms with Gasteiger partial charge in [-0.3, -0.25) is 9.59 Å². The second-order valence-electron chi connectivity index (χ2n) is 22.4. The number of ether oxygens (including phenoxy) is 6. The van der Waals surface area contributed by atoms with Gasteiger partial charge in [-0.25, -0.2) is 14.4 Å². The van der Waals surface area contributed by atoms with Crippen LogP contribution in [-0.4, -0.2) is 237 Å². The monoisotopic (exact) mass is 1150 g/mol. The highest BCUT2D eigenvalue weighted by molar-refractivity contribution is 5.77. The number of nitrogens with one attached hydrogen (secondary N) is 2. The van der Waals surface area contributed by atoms with Crippen LogP contribution in [0.15, 0.2) is 0 Å². The summed E-state index contributed by atoms with van der Waals surface area (Å²) in [6.07, 6.45) is -23.2. The second kappa shape index (κ2) is 30.8. The van der Waals surface area contributed by atoms with Crippen molar-refractivity contribution in [2.24, 2.45) is 41.4 Å². The molecule has 27 nitrogen and oxygen atoms in total. The first-order chi connectivity index (χ1) is 37.3. The van der Waals surface area contributed by atoms with Crippen LogP contribution in [0.5, 0.6) is 0 Å². The predicted molar refractivity (Wildman–Crippen MR) is 273 cm³/mol. The lowest BCUT2D eigenvalue weighted by molar-refractivity contribution is -0.320. The molecule has 2 amide bonds. The number of rotatable bonds is 33. The number of aliphatic hydroxyl groups is 11. The van der Waals surface area contributed by atoms with Gasteiger partial charge < -0.3 is 111 Å². The summed E-state index contributed by atoms with van der Waals surface area (Å²) < 4.78 is 43.4. The van der Waals surface area contributed by atoms with Crippen molar-refractivity contribution in [3.8, 4) is 0 Å². The molecule has 0 aromatic rings. The van der Waals surface area contributed by atoms with E-state index < -0.39 is 209 Å². The number of carbonyl (C=O) groups excluding carboxylic acids is 2. The van der Waals surface area contributed by atoms with Crippen molar-refractivity contribution in [1.29, 1.82) is 0 Å². The van der Waals surface area contributed by atoms with Gasteiger partial charge in [0, 0.05) is 40.4 Å². The van der Waals surface area contributed by atoms with Crippen LogP contribution in [0.25, 0.3) is 0 Å². The lowest BCUT2D eigenvalue weighted by atomic mass is 9.70. The zero-order valence-corrected chi connectivity index (χ0v) is 46.5. The topological polar surface area (TPSA) is 448 Å². The fourth-order valence-electron chi connectivity index (χ4n) is 12.1. The number of aliphatic carboxylic acids is 3. The molecule has 0 radical (unpaired) electrons. The van der Waals surface area contributed by atoms with E-state index in [0.29, 0.717) is 6.42 Å². The summed E-state index contributed by atoms with van der Waals surface area (Å²) in [5, 5.41) is 154. The first kappa shape index (κ1) is 68.2. The van der Waals surface area contributed by atoms with E-state index in [1.165, 1.54) is 0 Å². The van der Waals surface area contributed by atoms with Gasteiger partial charge in [0.15, 0.2) is 0 Å². The van der Waals surface area contributed by atoms with Gasteiger partial charge in [0.25, 0.3) is 17.4 Å². The highest BCUT2D eigenvalue weighted by Crippen LogP contribution is 2.42. The summed E-state index contributed by atoms with van der Waals surface area (Å²) in [5.74, 6) is -16.5. The number of hydrogen-bond donors (Lipinski definition) is 16. The smallest absolute Gasteiger partial charge is 0.364 e. The minimum atomic E-state index is -2.75. The van der Waals surface area contributed by atoms with E-state index >= 15 is 0 Å². The Balaban J connectivity index is 2.15. The maximum Gasteiger partial charge on any atom is 0.364 e. The quantitative estimate of drug-likeness (QED) is 0.0310. The molecule has 460 valence electrons. The molecular weight excluding hydrogens is 1050 g/mol. The molecule has 0 bridgehead atoms. The largest absolute Gasteiger partial charge is 0.477 e. The molecule has 21 atom stereocenters. The van der Waals surface area contributed by atoms with E-state index in [1.54, 1.807) is 6.92 Å². The predicted octanol–water partition coefficient (Wildman–Crippen LogP) is -2.22. The van der Waals surface area contributed by atoms with Crippen LogP contribution in [0, 0.1) is 41.4 Å². The van der Waals surface area contributed by atoms with Crippen LogP contribution in [0.2, 0.25) is 0 Å². The molecule has 0 aromatic carbocycles. The molecule has 0 aromatic heterocycles. The van der Waals surface area contributed by atoms with Crippen LogP contribution in [0.4, 0.5) is 0 Å². The Kier molecular flexibility index (Phi) is 26.6. The molecule has 21 unspecified atom stereocenters. The number of carboxylic acids is 3. The van der Waals surface area contributed by atoms with Gasteiger partial charge in [0.1, 0.15) is 42.7 Å². The van der Waals surface area contributed by atoms with Crippen molar-refractivity contribution in [1.82, 2.24) is 10.6 Å². The summed E-state index contributed by atoms with van der Waals surface area (Å²) in [6.45, 7) is 9.96. The third-order valence-electron chi connectivity index (χ3n) is 15.9. The number of aliphatic hydroxyl groups excluding tert-OH is 11. The maximum atomic E-state index is 13.2. The molecule has 0 saturated carbocycles. The molecule has 3 rings (SSSR count). The van der Waals surface area contributed by atoms with E-state index in [4.69, 9.17) is 29.8 Å². The molecule has 16 N–H and O–H groups in total. The highest BCUT2D eigenvalue weighted by Gasteiger charge is 2.58. The third kappa shape index (κ3) is 17.8. The Morgan fingerprint density at radius 3 is 1.34 bits per heavy atom. The summed E-state index contributed by atoms with van der Waals surface area (Å²) in [7, 11) is 0. The van der Waals surface area contributed by atoms with Gasteiger partial charge in [-0.1, -0.05) is 41.5 Å². The summed E-state index contributed by atoms with van der Waals surface area (Å²) in [6, 6.07) is -2.96. The number of amides is 2. The van der Waals surface area contributed by atoms with Gasteiger partial charge in [-0.2, -0.15) is 0 Å². The Bertz CT molecular complexity index is 1950. The lowest BCUT2D eigenvalue weighted by Gasteiger charge is -2.47. The average Bonchev–Trinajstić information content (AvgIpc) is 3.38. The molecule has 27 heteroatoms. The number of hydrogen-bond acceptors (Lipinski definition) is 22. The van der Waals surface area contributed by atoms with Gasteiger partial charge in [-0.05, 0) is 80.9 Å². The van der Waals surface area contributed by atoms with Crippen molar-refractivity contribution < 1.29 is 125 Å². The van der Waals surface area contributed by atoms with E-state index in [9.17, 15) is 95.5 Å². The summed E-state index contributed by atoms with van der Waals surface area (Å²) in [4.78, 5) is 63.7. The van der Waals surface area contributed by atoms with Crippen LogP contribution in [0.3, 0.4) is 0 Å². The first-order valence-electron chi connectivity index (χ1n) is 27.9. The molecule has 3 aliphatic rings. The number of carbonyl (C=O) groups is 5. The van der Waals surface area contributed by atoms with Crippen molar-refractivity contribution in [2.45, 2.75) is 223 Å². The molecule has 0 aliphatic carbocycles. The normalized spacial score (nSPS) is 33.2. The van der Waals surface area contributed by atoms with Gasteiger partial charge in [0.05, 0.1) is 75.6 Å². The van der Waals surface area contributed by atoms with Crippen molar-refractivity contribution in [3.05, 3.63) is 0 Å². The standard InChI is InChI=1S/C52H92N2O25/c1-10-32-33(60)19-50(47(68)69,77-44(32)41(65)27(7)57)75-16-13-30(14-17-76-52(49(72)73)21-35(62)40(54-29(9)59)46(79-52)43(67)37(64)23-56)31(18-26(6)38(24(2)3)25(4)5)12-11-15-74-51(48(70)71)20-34(61)39(53-28(8)58)45(78-51)42(66)36(63)22-55/h24-27,30-46,55-57,60-67H,10-23H2,1-9H3,(H,53,58)(H,54,59)(H,68,69)(H,70,71)(H,72,73)/i7D. The Labute approximate surface area is 461 Å². The van der Waals surface area contributed by atoms with E-state index in [0.717, 1.165) is 13.8 Å². The van der Waals surface area contributed by atoms with Crippen LogP contribution < -0.4 is 10.6 Å². The lowest BCUT2D eigenvalue weighted by Crippen LogP contribution is -2.68. The molecule has 3 aliphatic heterocycles. The SMILES string of the molecule is [2H]CC(O)C(O)C1OC(OCCC(CCOC2(C(=O)O)CC(O)C(NC(C)=O)C(C(O)C(O)CO)O2)C(CCCOC2(C(=O)O)CC(O)C(NC(C)=O)C(C(O)C(O)CO)O2)CC(C)C(C(C)C)C(C)C)(C(=O)O)CC(O)C1CC. The molecule has 79 heavy (non-hydrogen) atoms. The Morgan fingerprint density at radius 1 is 0.595 bits per heavy atom. The summed E-state index contributed by atoms with van der Waals surface area (Å²) in [5.41, 5.74) is 0. The first-order valence-corrected chi connectivity index (χ1v) is 27.2. The molecule has 3 heterocycles. The van der Waals surface area contributed by atoms with E-state index in [-0.39, 0.29) is 55.8 Å². The molecular formula is C52H92N2O25. The van der Waals surface area contributed by atoms with Crippen LogP contribution >= 0.6 is 0 Å². The van der Waals surface area contributed by atoms with Gasteiger partial charge in [0.2, 0.25) is 11.8 Å². The maximum absolute atomic E-state index is 13.2. The van der Waals surface area contributed by atoms with Gasteiger partial charge in [-0.15, -0.1) is 0 Å². The Hall–Kier alpha value is -3.33. The zero-order chi connectivity index (χ0) is 60.8. The fourth-order valence-corrected chi connectivity index (χ4v) is 12.1. The van der Waals surface area contributed by atoms with Crippen molar-refractivity contribution >= 4 is 29.7 Å². The molecule has 3 saturated heterocycles. The van der Waals surface area contributed by atoms with Gasteiger partial charge >= 0.3 is 17.9 Å². The highest BCUT2D eigenvalue weighted by atomic mass is 16.7. The van der Waals surface area contributed by atoms with E-state index in [2.05, 4.69) is 38.3 Å². The van der Waals surface area contributed by atoms with Crippen molar-refractivity contribution in [2.75, 3.05) is 33.0 Å². The average molecular weight is 1150 g/mol.